The molecule has 24 heavy (non-hydrogen) atoms. The Morgan fingerprint density at radius 2 is 1.54 bits per heavy atom. The minimum Gasteiger partial charge on any atom is -0.486 e. The van der Waals surface area contributed by atoms with Crippen LogP contribution in [0.15, 0.2) is 42.5 Å². The number of rotatable bonds is 3. The predicted molar refractivity (Wildman–Crippen MR) is 94.9 cm³/mol. The highest BCUT2D eigenvalue weighted by atomic mass is 16.6. The molecule has 4 heteroatoms. The average molecular weight is 324 g/mol. The van der Waals surface area contributed by atoms with E-state index in [1.807, 2.05) is 6.07 Å². The summed E-state index contributed by atoms with van der Waals surface area (Å²) in [4.78, 5) is 2.55. The summed E-state index contributed by atoms with van der Waals surface area (Å²) in [5, 5.41) is 3.45. The molecule has 4 nitrogen and oxygen atoms in total. The highest BCUT2D eigenvalue weighted by Crippen LogP contribution is 2.36. The van der Waals surface area contributed by atoms with Gasteiger partial charge in [-0.05, 0) is 30.2 Å². The molecule has 0 bridgehead atoms. The van der Waals surface area contributed by atoms with Gasteiger partial charge in [-0.15, -0.1) is 0 Å². The van der Waals surface area contributed by atoms with Crippen molar-refractivity contribution in [1.29, 1.82) is 0 Å². The summed E-state index contributed by atoms with van der Waals surface area (Å²) in [5.41, 5.74) is 3.89. The normalized spacial score (nSPS) is 19.0. The summed E-state index contributed by atoms with van der Waals surface area (Å²) >= 11 is 0. The third-order valence-electron chi connectivity index (χ3n) is 4.79. The lowest BCUT2D eigenvalue weighted by molar-refractivity contribution is 0.169. The van der Waals surface area contributed by atoms with Crippen LogP contribution in [0.1, 0.15) is 22.7 Å². The molecule has 4 rings (SSSR count). The van der Waals surface area contributed by atoms with E-state index >= 15 is 0 Å². The number of benzene rings is 2. The molecule has 1 unspecified atom stereocenters. The molecule has 2 heterocycles. The van der Waals surface area contributed by atoms with Crippen LogP contribution in [0.5, 0.6) is 11.5 Å². The number of piperazine rings is 1. The van der Waals surface area contributed by atoms with E-state index in [9.17, 15) is 0 Å². The average Bonchev–Trinajstić information content (AvgIpc) is 2.64. The van der Waals surface area contributed by atoms with Crippen LogP contribution in [-0.4, -0.2) is 44.3 Å². The Morgan fingerprint density at radius 1 is 0.875 bits per heavy atom. The largest absolute Gasteiger partial charge is 0.486 e. The van der Waals surface area contributed by atoms with E-state index in [0.717, 1.165) is 37.7 Å². The quantitative estimate of drug-likeness (QED) is 0.941. The Kier molecular flexibility index (Phi) is 4.41. The number of ether oxygens (including phenoxy) is 2. The van der Waals surface area contributed by atoms with E-state index in [0.29, 0.717) is 13.2 Å². The lowest BCUT2D eigenvalue weighted by Crippen LogP contribution is -2.45. The van der Waals surface area contributed by atoms with Gasteiger partial charge in [-0.2, -0.15) is 0 Å². The van der Waals surface area contributed by atoms with Crippen molar-refractivity contribution < 1.29 is 9.47 Å². The van der Waals surface area contributed by atoms with Gasteiger partial charge in [-0.25, -0.2) is 0 Å². The maximum Gasteiger partial charge on any atom is 0.161 e. The summed E-state index contributed by atoms with van der Waals surface area (Å²) in [5.74, 6) is 1.72. The third-order valence-corrected chi connectivity index (χ3v) is 4.79. The second-order valence-electron chi connectivity index (χ2n) is 6.50. The first-order valence-electron chi connectivity index (χ1n) is 8.72. The standard InChI is InChI=1S/C20H24N2O2/c1-15-2-4-16(5-3-15)20(22-10-8-21-9-11-22)17-6-7-18-19(14-17)24-13-12-23-18/h2-7,14,20-21H,8-13H2,1H3. The molecular formula is C20H24N2O2. The van der Waals surface area contributed by atoms with Crippen LogP contribution in [0, 0.1) is 6.92 Å². The number of hydrogen-bond donors (Lipinski definition) is 1. The fourth-order valence-corrected chi connectivity index (χ4v) is 3.53. The third kappa shape index (κ3) is 3.12. The molecule has 1 saturated heterocycles. The predicted octanol–water partition coefficient (Wildman–Crippen LogP) is 2.76. The van der Waals surface area contributed by atoms with Crippen LogP contribution in [0.25, 0.3) is 0 Å². The maximum absolute atomic E-state index is 5.80. The van der Waals surface area contributed by atoms with Crippen molar-refractivity contribution >= 4 is 0 Å². The van der Waals surface area contributed by atoms with Crippen LogP contribution >= 0.6 is 0 Å². The van der Waals surface area contributed by atoms with Crippen LogP contribution in [0.3, 0.4) is 0 Å². The maximum atomic E-state index is 5.80. The van der Waals surface area contributed by atoms with Gasteiger partial charge in [0.15, 0.2) is 11.5 Å². The van der Waals surface area contributed by atoms with Gasteiger partial charge in [0, 0.05) is 26.2 Å². The number of fused-ring (bicyclic) bond motifs is 1. The highest BCUT2D eigenvalue weighted by Gasteiger charge is 2.25. The zero-order chi connectivity index (χ0) is 16.4. The van der Waals surface area contributed by atoms with Crippen molar-refractivity contribution in [3.63, 3.8) is 0 Å². The van der Waals surface area contributed by atoms with Gasteiger partial charge in [0.05, 0.1) is 6.04 Å². The second kappa shape index (κ2) is 6.83. The second-order valence-corrected chi connectivity index (χ2v) is 6.50. The SMILES string of the molecule is Cc1ccc(C(c2ccc3c(c2)OCCO3)N2CCNCC2)cc1. The van der Waals surface area contributed by atoms with E-state index in [1.54, 1.807) is 0 Å². The van der Waals surface area contributed by atoms with Gasteiger partial charge in [0.1, 0.15) is 13.2 Å². The minimum absolute atomic E-state index is 0.253. The summed E-state index contributed by atoms with van der Waals surface area (Å²) in [6.07, 6.45) is 0. The number of aryl methyl sites for hydroxylation is 1. The summed E-state index contributed by atoms with van der Waals surface area (Å²) < 4.78 is 11.5. The number of nitrogens with one attached hydrogen (secondary N) is 1. The van der Waals surface area contributed by atoms with Gasteiger partial charge >= 0.3 is 0 Å². The van der Waals surface area contributed by atoms with Crippen molar-refractivity contribution in [2.45, 2.75) is 13.0 Å². The smallest absolute Gasteiger partial charge is 0.161 e. The Balaban J connectivity index is 1.72. The molecule has 1 atom stereocenters. The molecule has 2 aromatic rings. The zero-order valence-electron chi connectivity index (χ0n) is 14.1. The van der Waals surface area contributed by atoms with Gasteiger partial charge in [-0.3, -0.25) is 4.90 Å². The van der Waals surface area contributed by atoms with E-state index in [2.05, 4.69) is 53.5 Å². The van der Waals surface area contributed by atoms with E-state index in [4.69, 9.17) is 9.47 Å². The van der Waals surface area contributed by atoms with E-state index in [-0.39, 0.29) is 6.04 Å². The van der Waals surface area contributed by atoms with Gasteiger partial charge in [0.2, 0.25) is 0 Å². The molecule has 0 saturated carbocycles. The van der Waals surface area contributed by atoms with Crippen LogP contribution in [0.4, 0.5) is 0 Å². The molecule has 126 valence electrons. The lowest BCUT2D eigenvalue weighted by atomic mass is 9.95. The Bertz CT molecular complexity index is 693. The van der Waals surface area contributed by atoms with Crippen LogP contribution in [0.2, 0.25) is 0 Å². The van der Waals surface area contributed by atoms with Crippen molar-refractivity contribution in [3.05, 3.63) is 59.2 Å². The van der Waals surface area contributed by atoms with Crippen molar-refractivity contribution in [3.8, 4) is 11.5 Å². The molecule has 0 spiro atoms. The first-order chi connectivity index (χ1) is 11.8. The molecule has 0 aromatic heterocycles. The highest BCUT2D eigenvalue weighted by molar-refractivity contribution is 5.46. The Morgan fingerprint density at radius 3 is 2.29 bits per heavy atom. The molecule has 2 aliphatic rings. The van der Waals surface area contributed by atoms with Gasteiger partial charge in [-0.1, -0.05) is 35.9 Å². The topological polar surface area (TPSA) is 33.7 Å². The van der Waals surface area contributed by atoms with E-state index in [1.165, 1.54) is 16.7 Å². The molecular weight excluding hydrogens is 300 g/mol. The summed E-state index contributed by atoms with van der Waals surface area (Å²) in [7, 11) is 0. The van der Waals surface area contributed by atoms with Crippen LogP contribution in [-0.2, 0) is 0 Å². The minimum atomic E-state index is 0.253. The summed E-state index contributed by atoms with van der Waals surface area (Å²) in [6.45, 7) is 7.55. The molecule has 1 N–H and O–H groups in total. The Labute approximate surface area is 143 Å². The Hall–Kier alpha value is -2.04. The van der Waals surface area contributed by atoms with Gasteiger partial charge < -0.3 is 14.8 Å². The molecule has 2 aliphatic heterocycles. The van der Waals surface area contributed by atoms with Gasteiger partial charge in [0.25, 0.3) is 0 Å². The number of hydrogen-bond acceptors (Lipinski definition) is 4. The fourth-order valence-electron chi connectivity index (χ4n) is 3.53. The van der Waals surface area contributed by atoms with Crippen molar-refractivity contribution in [2.75, 3.05) is 39.4 Å². The molecule has 0 aliphatic carbocycles. The monoisotopic (exact) mass is 324 g/mol. The fraction of sp³-hybridized carbons (Fsp3) is 0.400. The molecule has 0 radical (unpaired) electrons. The first kappa shape index (κ1) is 15.5. The zero-order valence-corrected chi connectivity index (χ0v) is 14.1. The van der Waals surface area contributed by atoms with Crippen molar-refractivity contribution in [1.82, 2.24) is 10.2 Å². The molecule has 0 amide bonds. The lowest BCUT2D eigenvalue weighted by Gasteiger charge is -2.36. The summed E-state index contributed by atoms with van der Waals surface area (Å²) in [6, 6.07) is 15.5. The van der Waals surface area contributed by atoms with Crippen LogP contribution < -0.4 is 14.8 Å². The van der Waals surface area contributed by atoms with E-state index < -0.39 is 0 Å². The van der Waals surface area contributed by atoms with Crippen molar-refractivity contribution in [2.24, 2.45) is 0 Å². The first-order valence-corrected chi connectivity index (χ1v) is 8.72. The number of nitrogens with zero attached hydrogens (tertiary/aromatic N) is 1. The molecule has 2 aromatic carbocycles. The molecule has 1 fully saturated rings.